The van der Waals surface area contributed by atoms with Crippen LogP contribution in [0.4, 0.5) is 4.53 Å². The van der Waals surface area contributed by atoms with Crippen molar-refractivity contribution in [3.05, 3.63) is 0 Å². The summed E-state index contributed by atoms with van der Waals surface area (Å²) in [5.41, 5.74) is 4.05. The molecule has 0 aliphatic heterocycles. The molecule has 38 valence electrons. The lowest BCUT2D eigenvalue weighted by atomic mass is 13.9. The zero-order chi connectivity index (χ0) is 5.21. The van der Waals surface area contributed by atoms with Crippen LogP contribution in [0.3, 0.4) is 0 Å². The van der Waals surface area contributed by atoms with Gasteiger partial charge in [0.1, 0.15) is 0 Å². The van der Waals surface area contributed by atoms with E-state index in [-0.39, 0.29) is 0 Å². The molecular weight excluding hydrogens is 112 g/mol. The van der Waals surface area contributed by atoms with E-state index < -0.39 is 7.75 Å². The Labute approximate surface area is 33.2 Å². The molecule has 0 rings (SSSR count). The summed E-state index contributed by atoms with van der Waals surface area (Å²) < 4.78 is 22.0. The van der Waals surface area contributed by atoms with Crippen LogP contribution in [0.25, 0.3) is 0 Å². The van der Waals surface area contributed by atoms with Gasteiger partial charge in [-0.1, -0.05) is 4.73 Å². The number of hydrogen-bond acceptors (Lipinski definition) is 2. The van der Waals surface area contributed by atoms with Crippen molar-refractivity contribution in [3.63, 3.8) is 0 Å². The lowest BCUT2D eigenvalue weighted by molar-refractivity contribution is -0.0189. The summed E-state index contributed by atoms with van der Waals surface area (Å²) in [6.45, 7) is 0. The number of hydrogen-bond donors (Lipinski definition) is 2. The average Bonchev–Trinajstić information content (AvgIpc) is 1.35. The fraction of sp³-hybridized carbons (Fsp3) is 0. The molecule has 0 bridgehead atoms. The van der Waals surface area contributed by atoms with Crippen molar-refractivity contribution >= 4 is 7.75 Å². The smallest absolute Gasteiger partial charge is 0.311 e. The predicted molar refractivity (Wildman–Crippen MR) is 16.2 cm³/mol. The van der Waals surface area contributed by atoms with E-state index in [1.807, 2.05) is 0 Å². The summed E-state index contributed by atoms with van der Waals surface area (Å²) in [7, 11) is -4.31. The van der Waals surface area contributed by atoms with Crippen molar-refractivity contribution < 1.29 is 18.7 Å². The van der Waals surface area contributed by atoms with Gasteiger partial charge in [0.25, 0.3) is 0 Å². The number of halogens is 1. The Morgan fingerprint density at radius 3 is 2.17 bits per heavy atom. The summed E-state index contributed by atoms with van der Waals surface area (Å²) >= 11 is 0. The highest BCUT2D eigenvalue weighted by Crippen LogP contribution is 2.30. The van der Waals surface area contributed by atoms with Crippen molar-refractivity contribution in [2.75, 3.05) is 0 Å². The first-order valence-corrected chi connectivity index (χ1v) is 2.62. The first-order valence-electron chi connectivity index (χ1n) is 0.978. The summed E-state index contributed by atoms with van der Waals surface area (Å²) in [5.74, 6) is 0. The molecule has 0 heterocycles. The second-order valence-corrected chi connectivity index (χ2v) is 1.90. The van der Waals surface area contributed by atoms with E-state index in [9.17, 15) is 9.09 Å². The molecule has 0 aromatic rings. The third-order valence-corrected chi connectivity index (χ3v) is 0.297. The molecule has 3 N–H and O–H groups in total. The van der Waals surface area contributed by atoms with Crippen molar-refractivity contribution in [2.45, 2.75) is 0 Å². The molecule has 6 heteroatoms. The fourth-order valence-electron chi connectivity index (χ4n) is 0. The van der Waals surface area contributed by atoms with Gasteiger partial charge in [-0.25, -0.2) is 10.1 Å². The molecule has 0 saturated heterocycles. The van der Waals surface area contributed by atoms with Crippen molar-refractivity contribution in [1.82, 2.24) is 0 Å². The molecule has 0 aliphatic rings. The molecule has 0 aliphatic carbocycles. The van der Waals surface area contributed by atoms with Crippen LogP contribution in [0.5, 0.6) is 0 Å². The Kier molecular flexibility index (Phi) is 1.67. The molecule has 0 aromatic heterocycles. The van der Waals surface area contributed by atoms with Crippen LogP contribution < -0.4 is 5.50 Å². The summed E-state index contributed by atoms with van der Waals surface area (Å²) in [6, 6.07) is 0. The zero-order valence-electron chi connectivity index (χ0n) is 2.67. The van der Waals surface area contributed by atoms with Gasteiger partial charge in [0.15, 0.2) is 0 Å². The molecule has 0 spiro atoms. The quantitative estimate of drug-likeness (QED) is 0.469. The highest BCUT2D eigenvalue weighted by Gasteiger charge is 2.08. The Hall–Kier alpha value is 0.0400. The van der Waals surface area contributed by atoms with E-state index in [1.165, 1.54) is 0 Å². The van der Waals surface area contributed by atoms with Gasteiger partial charge in [-0.05, 0) is 4.53 Å². The van der Waals surface area contributed by atoms with Crippen LogP contribution >= 0.6 is 7.75 Å². The van der Waals surface area contributed by atoms with Crippen LogP contribution in [0.1, 0.15) is 0 Å². The molecule has 0 radical (unpaired) electrons. The van der Waals surface area contributed by atoms with Crippen LogP contribution in [0, 0.1) is 0 Å². The van der Waals surface area contributed by atoms with Gasteiger partial charge in [0.2, 0.25) is 0 Å². The average molecular weight is 115 g/mol. The molecule has 0 aromatic carbocycles. The van der Waals surface area contributed by atoms with Gasteiger partial charge in [0.05, 0.1) is 0 Å². The van der Waals surface area contributed by atoms with Crippen molar-refractivity contribution in [3.8, 4) is 0 Å². The Morgan fingerprint density at radius 2 is 2.17 bits per heavy atom. The molecule has 0 saturated carbocycles. The van der Waals surface area contributed by atoms with Crippen LogP contribution in [0.2, 0.25) is 0 Å². The summed E-state index contributed by atoms with van der Waals surface area (Å²) in [5, 5.41) is 0. The topological polar surface area (TPSA) is 72.6 Å². The minimum Gasteiger partial charge on any atom is -0.311 e. The molecule has 0 fully saturated rings. The highest BCUT2D eigenvalue weighted by atomic mass is 31.2. The third-order valence-electron chi connectivity index (χ3n) is 0.0989. The number of rotatable bonds is 1. The first kappa shape index (κ1) is 6.04. The molecule has 0 amide bonds. The second-order valence-electron chi connectivity index (χ2n) is 0.633. The second kappa shape index (κ2) is 1.66. The predicted octanol–water partition coefficient (Wildman–Crippen LogP) is -0.0534. The monoisotopic (exact) mass is 115 g/mol. The largest absolute Gasteiger partial charge is 0.431 e. The Bertz CT molecular complexity index is 74.9. The maximum absolute atomic E-state index is 10.4. The third kappa shape index (κ3) is 4.04. The minimum atomic E-state index is -4.31. The van der Waals surface area contributed by atoms with E-state index in [0.29, 0.717) is 0 Å². The Balaban J connectivity index is 3.48. The summed E-state index contributed by atoms with van der Waals surface area (Å²) in [4.78, 5) is 7.56. The van der Waals surface area contributed by atoms with E-state index in [2.05, 4.69) is 10.2 Å². The van der Waals surface area contributed by atoms with Crippen LogP contribution in [-0.2, 0) is 9.29 Å². The molecular formula is H3FNO3P. The zero-order valence-corrected chi connectivity index (χ0v) is 3.56. The SMILES string of the molecule is NP(=O)(O)OF. The van der Waals surface area contributed by atoms with E-state index in [4.69, 9.17) is 4.89 Å². The molecule has 6 heavy (non-hydrogen) atoms. The van der Waals surface area contributed by atoms with Gasteiger partial charge < -0.3 is 4.89 Å². The molecule has 4 nitrogen and oxygen atoms in total. The minimum absolute atomic E-state index is 2.33. The van der Waals surface area contributed by atoms with Crippen molar-refractivity contribution in [2.24, 2.45) is 5.50 Å². The lowest BCUT2D eigenvalue weighted by Gasteiger charge is -1.89. The maximum Gasteiger partial charge on any atom is 0.431 e. The van der Waals surface area contributed by atoms with E-state index in [0.717, 1.165) is 0 Å². The van der Waals surface area contributed by atoms with E-state index in [1.54, 1.807) is 0 Å². The van der Waals surface area contributed by atoms with Crippen LogP contribution in [-0.4, -0.2) is 4.89 Å². The maximum atomic E-state index is 10.4. The standard InChI is InChI=1S/FH3NO3P/c1-5-6(2,3)4/h(H3,2,3,4). The lowest BCUT2D eigenvalue weighted by Crippen LogP contribution is -1.90. The highest BCUT2D eigenvalue weighted by molar-refractivity contribution is 7.49. The first-order chi connectivity index (χ1) is 2.56. The van der Waals surface area contributed by atoms with Crippen molar-refractivity contribution in [1.29, 1.82) is 0 Å². The van der Waals surface area contributed by atoms with Gasteiger partial charge in [-0.15, -0.1) is 0 Å². The summed E-state index contributed by atoms with van der Waals surface area (Å²) in [6.07, 6.45) is 0. The van der Waals surface area contributed by atoms with Gasteiger partial charge in [-0.2, -0.15) is 0 Å². The van der Waals surface area contributed by atoms with Gasteiger partial charge in [0, 0.05) is 0 Å². The number of nitrogens with two attached hydrogens (primary N) is 1. The van der Waals surface area contributed by atoms with E-state index >= 15 is 0 Å². The Morgan fingerprint density at radius 1 is 2.00 bits per heavy atom. The van der Waals surface area contributed by atoms with Gasteiger partial charge >= 0.3 is 7.75 Å². The van der Waals surface area contributed by atoms with Crippen LogP contribution in [0.15, 0.2) is 0 Å². The fourth-order valence-corrected chi connectivity index (χ4v) is 0. The van der Waals surface area contributed by atoms with Gasteiger partial charge in [-0.3, -0.25) is 0 Å². The normalized spacial score (nSPS) is 19.8. The molecule has 1 atom stereocenters. The molecule has 1 unspecified atom stereocenters.